The fraction of sp³-hybridized carbons (Fsp3) is 0.385. The van der Waals surface area contributed by atoms with Crippen molar-refractivity contribution >= 4 is 11.9 Å². The van der Waals surface area contributed by atoms with Crippen LogP contribution >= 0.6 is 0 Å². The molecule has 18 heavy (non-hydrogen) atoms. The highest BCUT2D eigenvalue weighted by Crippen LogP contribution is 2.30. The first-order chi connectivity index (χ1) is 8.25. The van der Waals surface area contributed by atoms with Crippen LogP contribution in [0.15, 0.2) is 18.2 Å². The summed E-state index contributed by atoms with van der Waals surface area (Å²) in [6.45, 7) is 5.19. The number of methoxy groups -OCH3 is 1. The van der Waals surface area contributed by atoms with Gasteiger partial charge < -0.3 is 14.6 Å². The predicted molar refractivity (Wildman–Crippen MR) is 65.0 cm³/mol. The molecule has 0 amide bonds. The third-order valence-corrected chi connectivity index (χ3v) is 2.23. The number of aromatic carboxylic acids is 1. The van der Waals surface area contributed by atoms with Gasteiger partial charge in [0.2, 0.25) is 0 Å². The van der Waals surface area contributed by atoms with Crippen LogP contribution in [0, 0.1) is 5.41 Å². The van der Waals surface area contributed by atoms with E-state index in [0.29, 0.717) is 0 Å². The lowest BCUT2D eigenvalue weighted by molar-refractivity contribution is -0.143. The van der Waals surface area contributed by atoms with E-state index in [-0.39, 0.29) is 17.1 Å². The third-order valence-electron chi connectivity index (χ3n) is 2.23. The molecular weight excluding hydrogens is 236 g/mol. The van der Waals surface area contributed by atoms with Gasteiger partial charge in [-0.1, -0.05) is 0 Å². The number of carbonyl (C=O) groups is 2. The number of carboxylic acid groups (broad SMARTS) is 1. The molecule has 0 saturated carbocycles. The summed E-state index contributed by atoms with van der Waals surface area (Å²) in [5.41, 5.74) is -0.571. The fourth-order valence-corrected chi connectivity index (χ4v) is 1.14. The van der Waals surface area contributed by atoms with E-state index in [1.807, 2.05) is 0 Å². The number of hydrogen-bond acceptors (Lipinski definition) is 4. The van der Waals surface area contributed by atoms with Crippen molar-refractivity contribution in [3.05, 3.63) is 23.8 Å². The van der Waals surface area contributed by atoms with E-state index < -0.39 is 17.4 Å². The Morgan fingerprint density at radius 2 is 1.78 bits per heavy atom. The zero-order chi connectivity index (χ0) is 13.9. The Hall–Kier alpha value is -2.04. The quantitative estimate of drug-likeness (QED) is 0.660. The van der Waals surface area contributed by atoms with Gasteiger partial charge in [0.15, 0.2) is 11.5 Å². The summed E-state index contributed by atoms with van der Waals surface area (Å²) in [4.78, 5) is 22.5. The zero-order valence-corrected chi connectivity index (χ0v) is 10.8. The summed E-state index contributed by atoms with van der Waals surface area (Å²) in [5, 5.41) is 8.84. The van der Waals surface area contributed by atoms with Gasteiger partial charge in [0.05, 0.1) is 18.1 Å². The normalized spacial score (nSPS) is 10.9. The molecular formula is C13H16O5. The van der Waals surface area contributed by atoms with Gasteiger partial charge in [-0.3, -0.25) is 4.79 Å². The molecule has 0 radical (unpaired) electrons. The molecule has 0 aromatic heterocycles. The number of hydrogen-bond donors (Lipinski definition) is 1. The number of carboxylic acids is 1. The van der Waals surface area contributed by atoms with Crippen molar-refractivity contribution in [3.63, 3.8) is 0 Å². The maximum Gasteiger partial charge on any atom is 0.335 e. The lowest BCUT2D eigenvalue weighted by atomic mass is 9.97. The van der Waals surface area contributed by atoms with Crippen molar-refractivity contribution < 1.29 is 24.2 Å². The summed E-state index contributed by atoms with van der Waals surface area (Å²) in [6.07, 6.45) is 0. The van der Waals surface area contributed by atoms with Crippen molar-refractivity contribution in [2.45, 2.75) is 20.8 Å². The molecule has 0 bridgehead atoms. The average Bonchev–Trinajstić information content (AvgIpc) is 2.27. The summed E-state index contributed by atoms with van der Waals surface area (Å²) in [6, 6.07) is 4.08. The molecule has 1 aromatic carbocycles. The SMILES string of the molecule is COc1cc(C(=O)O)ccc1OC(=O)C(C)(C)C. The van der Waals surface area contributed by atoms with E-state index in [2.05, 4.69) is 0 Å². The van der Waals surface area contributed by atoms with Crippen molar-refractivity contribution in [2.75, 3.05) is 7.11 Å². The van der Waals surface area contributed by atoms with Gasteiger partial charge in [-0.2, -0.15) is 0 Å². The van der Waals surface area contributed by atoms with Crippen LogP contribution in [0.5, 0.6) is 11.5 Å². The Morgan fingerprint density at radius 1 is 1.17 bits per heavy atom. The number of ether oxygens (including phenoxy) is 2. The standard InChI is InChI=1S/C13H16O5/c1-13(2,3)12(16)18-9-6-5-8(11(14)15)7-10(9)17-4/h5-7H,1-4H3,(H,14,15). The first-order valence-corrected chi connectivity index (χ1v) is 5.39. The summed E-state index contributed by atoms with van der Waals surface area (Å²) >= 11 is 0. The first-order valence-electron chi connectivity index (χ1n) is 5.39. The van der Waals surface area contributed by atoms with E-state index >= 15 is 0 Å². The second kappa shape index (κ2) is 5.08. The van der Waals surface area contributed by atoms with Crippen LogP contribution in [0.25, 0.3) is 0 Å². The monoisotopic (exact) mass is 252 g/mol. The third kappa shape index (κ3) is 3.23. The van der Waals surface area contributed by atoms with Crippen LogP contribution in [-0.4, -0.2) is 24.2 Å². The molecule has 0 atom stereocenters. The van der Waals surface area contributed by atoms with Gasteiger partial charge in [0.25, 0.3) is 0 Å². The lowest BCUT2D eigenvalue weighted by Crippen LogP contribution is -2.25. The van der Waals surface area contributed by atoms with Crippen molar-refractivity contribution in [1.82, 2.24) is 0 Å². The molecule has 1 N–H and O–H groups in total. The van der Waals surface area contributed by atoms with Gasteiger partial charge in [-0.15, -0.1) is 0 Å². The van der Waals surface area contributed by atoms with Crippen LogP contribution in [-0.2, 0) is 4.79 Å². The van der Waals surface area contributed by atoms with Crippen LogP contribution in [0.2, 0.25) is 0 Å². The average molecular weight is 252 g/mol. The molecule has 0 spiro atoms. The highest BCUT2D eigenvalue weighted by molar-refractivity contribution is 5.88. The number of benzene rings is 1. The Bertz CT molecular complexity index is 471. The van der Waals surface area contributed by atoms with E-state index in [1.54, 1.807) is 20.8 Å². The second-order valence-electron chi connectivity index (χ2n) is 4.81. The predicted octanol–water partition coefficient (Wildman–Crippen LogP) is 2.34. The summed E-state index contributed by atoms with van der Waals surface area (Å²) in [5.74, 6) is -1.05. The fourth-order valence-electron chi connectivity index (χ4n) is 1.14. The Morgan fingerprint density at radius 3 is 2.22 bits per heavy atom. The van der Waals surface area contributed by atoms with E-state index in [1.165, 1.54) is 25.3 Å². The van der Waals surface area contributed by atoms with Gasteiger partial charge in [-0.25, -0.2) is 4.79 Å². The smallest absolute Gasteiger partial charge is 0.335 e. The molecule has 0 aliphatic heterocycles. The number of rotatable bonds is 3. The first kappa shape index (κ1) is 14.0. The highest BCUT2D eigenvalue weighted by Gasteiger charge is 2.25. The molecule has 0 aliphatic carbocycles. The Kier molecular flexibility index (Phi) is 3.96. The second-order valence-corrected chi connectivity index (χ2v) is 4.81. The summed E-state index contributed by atoms with van der Waals surface area (Å²) in [7, 11) is 1.38. The van der Waals surface area contributed by atoms with Crippen molar-refractivity contribution in [3.8, 4) is 11.5 Å². The van der Waals surface area contributed by atoms with Crippen molar-refractivity contribution in [2.24, 2.45) is 5.41 Å². The molecule has 5 heteroatoms. The molecule has 98 valence electrons. The van der Waals surface area contributed by atoms with E-state index in [4.69, 9.17) is 14.6 Å². The minimum atomic E-state index is -1.07. The van der Waals surface area contributed by atoms with Gasteiger partial charge in [0.1, 0.15) is 0 Å². The number of esters is 1. The minimum Gasteiger partial charge on any atom is -0.493 e. The Labute approximate surface area is 105 Å². The summed E-state index contributed by atoms with van der Waals surface area (Å²) < 4.78 is 10.2. The highest BCUT2D eigenvalue weighted by atomic mass is 16.6. The molecule has 1 aromatic rings. The lowest BCUT2D eigenvalue weighted by Gasteiger charge is -2.17. The zero-order valence-electron chi connectivity index (χ0n) is 10.8. The minimum absolute atomic E-state index is 0.0717. The molecule has 0 aliphatic rings. The van der Waals surface area contributed by atoms with Crippen molar-refractivity contribution in [1.29, 1.82) is 0 Å². The van der Waals surface area contributed by atoms with Crippen LogP contribution in [0.4, 0.5) is 0 Å². The van der Waals surface area contributed by atoms with Crippen LogP contribution < -0.4 is 9.47 Å². The molecule has 0 heterocycles. The Balaban J connectivity index is 3.04. The maximum atomic E-state index is 11.7. The van der Waals surface area contributed by atoms with Crippen LogP contribution in [0.1, 0.15) is 31.1 Å². The van der Waals surface area contributed by atoms with Crippen LogP contribution in [0.3, 0.4) is 0 Å². The maximum absolute atomic E-state index is 11.7. The van der Waals surface area contributed by atoms with E-state index in [0.717, 1.165) is 0 Å². The van der Waals surface area contributed by atoms with Gasteiger partial charge in [0, 0.05) is 0 Å². The van der Waals surface area contributed by atoms with E-state index in [9.17, 15) is 9.59 Å². The molecule has 0 unspecified atom stereocenters. The topological polar surface area (TPSA) is 72.8 Å². The number of carbonyl (C=O) groups excluding carboxylic acids is 1. The molecule has 5 nitrogen and oxygen atoms in total. The molecule has 0 saturated heterocycles. The van der Waals surface area contributed by atoms with Gasteiger partial charge >= 0.3 is 11.9 Å². The molecule has 0 fully saturated rings. The molecule has 1 rings (SSSR count). The van der Waals surface area contributed by atoms with Gasteiger partial charge in [-0.05, 0) is 39.0 Å². The largest absolute Gasteiger partial charge is 0.493 e.